The molecule has 0 radical (unpaired) electrons. The monoisotopic (exact) mass is 382 g/mol. The Kier molecular flexibility index (Phi) is 6.07. The van der Waals surface area contributed by atoms with Gasteiger partial charge < -0.3 is 19.9 Å². The van der Waals surface area contributed by atoms with Gasteiger partial charge in [-0.05, 0) is 62.1 Å². The summed E-state index contributed by atoms with van der Waals surface area (Å²) in [7, 11) is 1.58. The number of amides is 2. The molecule has 0 aliphatic carbocycles. The third-order valence-corrected chi connectivity index (χ3v) is 5.19. The van der Waals surface area contributed by atoms with Crippen molar-refractivity contribution in [2.45, 2.75) is 34.1 Å². The smallest absolute Gasteiger partial charge is 0.322 e. The minimum atomic E-state index is -0.108. The van der Waals surface area contributed by atoms with E-state index in [-0.39, 0.29) is 6.03 Å². The number of ether oxygens (including phenoxy) is 1. The molecule has 0 atom stereocenters. The highest BCUT2D eigenvalue weighted by molar-refractivity contribution is 5.91. The van der Waals surface area contributed by atoms with Crippen LogP contribution in [0.1, 0.15) is 29.3 Å². The van der Waals surface area contributed by atoms with Crippen LogP contribution >= 0.6 is 0 Å². The molecule has 0 bridgehead atoms. The minimum absolute atomic E-state index is 0.108. The lowest BCUT2D eigenvalue weighted by molar-refractivity contribution is 0.208. The molecule has 3 rings (SSSR count). The number of anilines is 2. The average Bonchev–Trinajstić information content (AvgIpc) is 2.67. The normalized spacial score (nSPS) is 14.2. The summed E-state index contributed by atoms with van der Waals surface area (Å²) in [6.45, 7) is 11.3. The minimum Gasteiger partial charge on any atom is -0.480 e. The number of piperazine rings is 1. The highest BCUT2D eigenvalue weighted by Gasteiger charge is 2.23. The van der Waals surface area contributed by atoms with E-state index in [1.54, 1.807) is 7.11 Å². The molecule has 28 heavy (non-hydrogen) atoms. The fraction of sp³-hybridized carbons (Fsp3) is 0.455. The number of rotatable bonds is 4. The Morgan fingerprint density at radius 3 is 2.29 bits per heavy atom. The Morgan fingerprint density at radius 2 is 1.71 bits per heavy atom. The summed E-state index contributed by atoms with van der Waals surface area (Å²) in [6.07, 6.45) is 0.830. The topological polar surface area (TPSA) is 57.7 Å². The maximum absolute atomic E-state index is 12.8. The quantitative estimate of drug-likeness (QED) is 0.870. The summed E-state index contributed by atoms with van der Waals surface area (Å²) in [6, 6.07) is 8.42. The summed E-state index contributed by atoms with van der Waals surface area (Å²) in [4.78, 5) is 21.5. The number of carbonyl (C=O) groups is 1. The molecule has 1 aromatic carbocycles. The van der Waals surface area contributed by atoms with Crippen molar-refractivity contribution in [2.75, 3.05) is 43.5 Å². The van der Waals surface area contributed by atoms with Crippen LogP contribution in [0.4, 0.5) is 16.2 Å². The molecule has 1 fully saturated rings. The van der Waals surface area contributed by atoms with Gasteiger partial charge in [0.15, 0.2) is 0 Å². The molecule has 1 saturated heterocycles. The van der Waals surface area contributed by atoms with Gasteiger partial charge in [0.05, 0.1) is 7.11 Å². The van der Waals surface area contributed by atoms with Crippen molar-refractivity contribution in [1.82, 2.24) is 9.88 Å². The number of methoxy groups -OCH3 is 1. The first kappa shape index (κ1) is 20.0. The van der Waals surface area contributed by atoms with Crippen LogP contribution in [0.2, 0.25) is 0 Å². The van der Waals surface area contributed by atoms with Crippen molar-refractivity contribution in [3.63, 3.8) is 0 Å². The van der Waals surface area contributed by atoms with Crippen LogP contribution in [0, 0.1) is 20.8 Å². The number of aryl methyl sites for hydroxylation is 4. The Balaban J connectivity index is 1.65. The number of nitrogens with one attached hydrogen (secondary N) is 1. The number of aromatic nitrogens is 1. The van der Waals surface area contributed by atoms with Crippen LogP contribution in [0.25, 0.3) is 0 Å². The molecule has 2 aromatic rings. The lowest BCUT2D eigenvalue weighted by Crippen LogP contribution is -2.50. The van der Waals surface area contributed by atoms with Crippen LogP contribution in [-0.4, -0.2) is 49.2 Å². The molecule has 6 heteroatoms. The molecule has 1 N–H and O–H groups in total. The van der Waals surface area contributed by atoms with Crippen LogP contribution in [0.3, 0.4) is 0 Å². The van der Waals surface area contributed by atoms with Crippen molar-refractivity contribution in [3.05, 3.63) is 46.6 Å². The highest BCUT2D eigenvalue weighted by Crippen LogP contribution is 2.26. The number of pyridine rings is 1. The van der Waals surface area contributed by atoms with Gasteiger partial charge in [-0.3, -0.25) is 0 Å². The first-order valence-electron chi connectivity index (χ1n) is 9.85. The Hall–Kier alpha value is -2.76. The second kappa shape index (κ2) is 8.50. The second-order valence-electron chi connectivity index (χ2n) is 7.41. The summed E-state index contributed by atoms with van der Waals surface area (Å²) < 4.78 is 5.38. The predicted octanol–water partition coefficient (Wildman–Crippen LogP) is 3.93. The number of hydrogen-bond acceptors (Lipinski definition) is 4. The van der Waals surface area contributed by atoms with E-state index in [1.807, 2.05) is 17.9 Å². The largest absolute Gasteiger partial charge is 0.480 e. The lowest BCUT2D eigenvalue weighted by atomic mass is 10.1. The number of hydrogen-bond donors (Lipinski definition) is 1. The van der Waals surface area contributed by atoms with E-state index in [2.05, 4.69) is 54.2 Å². The number of urea groups is 1. The molecule has 0 saturated carbocycles. The van der Waals surface area contributed by atoms with Gasteiger partial charge in [-0.25, -0.2) is 9.78 Å². The molecule has 150 valence electrons. The summed E-state index contributed by atoms with van der Waals surface area (Å²) in [5.74, 6) is 0.463. The van der Waals surface area contributed by atoms with Crippen LogP contribution < -0.4 is 15.0 Å². The van der Waals surface area contributed by atoms with E-state index < -0.39 is 0 Å². The molecule has 1 aliphatic heterocycles. The van der Waals surface area contributed by atoms with Gasteiger partial charge in [0.25, 0.3) is 0 Å². The van der Waals surface area contributed by atoms with Gasteiger partial charge in [-0.15, -0.1) is 0 Å². The third-order valence-electron chi connectivity index (χ3n) is 5.19. The second-order valence-corrected chi connectivity index (χ2v) is 7.41. The number of benzene rings is 1. The molecular weight excluding hydrogens is 352 g/mol. The van der Waals surface area contributed by atoms with Gasteiger partial charge in [0.1, 0.15) is 5.69 Å². The zero-order valence-electron chi connectivity index (χ0n) is 17.5. The number of carbonyl (C=O) groups excluding carboxylic acids is 1. The number of nitrogens with zero attached hydrogens (tertiary/aromatic N) is 3. The van der Waals surface area contributed by atoms with E-state index in [4.69, 9.17) is 4.74 Å². The third kappa shape index (κ3) is 4.38. The SMILES string of the molecule is CCc1nc(OC)c(NC(=O)N2CCN(c3cc(C)cc(C)c3)CC2)cc1C. The van der Waals surface area contributed by atoms with E-state index in [9.17, 15) is 4.79 Å². The zero-order chi connectivity index (χ0) is 20.3. The molecule has 1 aliphatic rings. The Bertz CT molecular complexity index is 838. The van der Waals surface area contributed by atoms with Crippen molar-refractivity contribution in [2.24, 2.45) is 0 Å². The van der Waals surface area contributed by atoms with Gasteiger partial charge in [-0.1, -0.05) is 13.0 Å². The molecule has 2 heterocycles. The fourth-order valence-corrected chi connectivity index (χ4v) is 3.73. The van der Waals surface area contributed by atoms with Crippen LogP contribution in [0.5, 0.6) is 5.88 Å². The molecular formula is C22H30N4O2. The lowest BCUT2D eigenvalue weighted by Gasteiger charge is -2.36. The van der Waals surface area contributed by atoms with Crippen LogP contribution in [0.15, 0.2) is 24.3 Å². The first-order valence-corrected chi connectivity index (χ1v) is 9.85. The van der Waals surface area contributed by atoms with Crippen molar-refractivity contribution < 1.29 is 9.53 Å². The summed E-state index contributed by atoms with van der Waals surface area (Å²) >= 11 is 0. The molecule has 6 nitrogen and oxygen atoms in total. The fourth-order valence-electron chi connectivity index (χ4n) is 3.73. The van der Waals surface area contributed by atoms with E-state index in [0.29, 0.717) is 24.7 Å². The molecule has 0 unspecified atom stereocenters. The average molecular weight is 383 g/mol. The predicted molar refractivity (Wildman–Crippen MR) is 114 cm³/mol. The molecule has 1 aromatic heterocycles. The highest BCUT2D eigenvalue weighted by atomic mass is 16.5. The first-order chi connectivity index (χ1) is 13.4. The Morgan fingerprint density at radius 1 is 1.07 bits per heavy atom. The van der Waals surface area contributed by atoms with E-state index in [1.165, 1.54) is 16.8 Å². The van der Waals surface area contributed by atoms with E-state index >= 15 is 0 Å². The van der Waals surface area contributed by atoms with Crippen molar-refractivity contribution >= 4 is 17.4 Å². The summed E-state index contributed by atoms with van der Waals surface area (Å²) in [5.41, 5.74) is 6.42. The van der Waals surface area contributed by atoms with Gasteiger partial charge in [0, 0.05) is 37.6 Å². The van der Waals surface area contributed by atoms with E-state index in [0.717, 1.165) is 30.8 Å². The van der Waals surface area contributed by atoms with Gasteiger partial charge >= 0.3 is 6.03 Å². The summed E-state index contributed by atoms with van der Waals surface area (Å²) in [5, 5.41) is 2.98. The van der Waals surface area contributed by atoms with Gasteiger partial charge in [0.2, 0.25) is 5.88 Å². The van der Waals surface area contributed by atoms with Crippen LogP contribution in [-0.2, 0) is 6.42 Å². The zero-order valence-corrected chi connectivity index (χ0v) is 17.5. The van der Waals surface area contributed by atoms with Crippen molar-refractivity contribution in [1.29, 1.82) is 0 Å². The Labute approximate surface area is 167 Å². The van der Waals surface area contributed by atoms with Crippen molar-refractivity contribution in [3.8, 4) is 5.88 Å². The standard InChI is InChI=1S/C22H30N4O2/c1-6-19-17(4)14-20(21(23-19)28-5)24-22(27)26-9-7-25(8-10-26)18-12-15(2)11-16(3)13-18/h11-14H,6-10H2,1-5H3,(H,24,27). The van der Waals surface area contributed by atoms with Gasteiger partial charge in [-0.2, -0.15) is 0 Å². The molecule has 2 amide bonds. The maximum atomic E-state index is 12.8. The molecule has 0 spiro atoms. The maximum Gasteiger partial charge on any atom is 0.322 e.